The van der Waals surface area contributed by atoms with E-state index < -0.39 is 7.12 Å². The first-order valence-electron chi connectivity index (χ1n) is 6.75. The maximum Gasteiger partial charge on any atom is 0.488 e. The molecule has 1 heterocycles. The molecule has 2 rings (SSSR count). The molecule has 1 unspecified atom stereocenters. The lowest BCUT2D eigenvalue weighted by Crippen LogP contribution is -2.47. The Morgan fingerprint density at radius 1 is 1.42 bits per heavy atom. The van der Waals surface area contributed by atoms with Gasteiger partial charge in [-0.3, -0.25) is 4.90 Å². The summed E-state index contributed by atoms with van der Waals surface area (Å²) in [6.07, 6.45) is 2.22. The van der Waals surface area contributed by atoms with Crippen LogP contribution in [0, 0.1) is 0 Å². The summed E-state index contributed by atoms with van der Waals surface area (Å²) in [4.78, 5) is 2.36. The second-order valence-corrected chi connectivity index (χ2v) is 5.59. The molecule has 1 aromatic rings. The predicted octanol–water partition coefficient (Wildman–Crippen LogP) is 0.367. The van der Waals surface area contributed by atoms with Gasteiger partial charge in [0.15, 0.2) is 0 Å². The van der Waals surface area contributed by atoms with Crippen molar-refractivity contribution in [2.45, 2.75) is 31.9 Å². The number of hydrogen-bond acceptors (Lipinski definition) is 4. The summed E-state index contributed by atoms with van der Waals surface area (Å²) < 4.78 is 5.59. The van der Waals surface area contributed by atoms with Crippen molar-refractivity contribution in [3.8, 4) is 0 Å². The Morgan fingerprint density at radius 2 is 2.21 bits per heavy atom. The predicted molar refractivity (Wildman–Crippen MR) is 76.2 cm³/mol. The Hall–Kier alpha value is -0.875. The summed E-state index contributed by atoms with van der Waals surface area (Å²) in [5.41, 5.74) is 1.58. The van der Waals surface area contributed by atoms with Crippen molar-refractivity contribution in [2.75, 3.05) is 20.2 Å². The number of methoxy groups -OCH3 is 1. The third-order valence-corrected chi connectivity index (χ3v) is 3.89. The van der Waals surface area contributed by atoms with E-state index in [-0.39, 0.29) is 5.60 Å². The zero-order valence-electron chi connectivity index (χ0n) is 11.7. The van der Waals surface area contributed by atoms with Crippen LogP contribution in [0.15, 0.2) is 24.3 Å². The molecular weight excluding hydrogens is 241 g/mol. The summed E-state index contributed by atoms with van der Waals surface area (Å²) in [6.45, 7) is 4.94. The van der Waals surface area contributed by atoms with E-state index in [0.29, 0.717) is 5.46 Å². The number of benzene rings is 1. The third-order valence-electron chi connectivity index (χ3n) is 3.89. The van der Waals surface area contributed by atoms with Crippen LogP contribution >= 0.6 is 0 Å². The van der Waals surface area contributed by atoms with Gasteiger partial charge in [0.25, 0.3) is 0 Å². The Bertz CT molecular complexity index is 427. The fourth-order valence-electron chi connectivity index (χ4n) is 2.72. The molecule has 0 radical (unpaired) electrons. The topological polar surface area (TPSA) is 52.9 Å². The molecule has 0 aromatic heterocycles. The Morgan fingerprint density at radius 3 is 2.89 bits per heavy atom. The van der Waals surface area contributed by atoms with Gasteiger partial charge in [-0.05, 0) is 37.3 Å². The maximum absolute atomic E-state index is 9.20. The van der Waals surface area contributed by atoms with E-state index in [1.807, 2.05) is 18.2 Å². The molecule has 4 nitrogen and oxygen atoms in total. The van der Waals surface area contributed by atoms with Crippen molar-refractivity contribution in [2.24, 2.45) is 0 Å². The number of hydrogen-bond donors (Lipinski definition) is 2. The van der Waals surface area contributed by atoms with Gasteiger partial charge in [0.05, 0.1) is 5.60 Å². The van der Waals surface area contributed by atoms with Crippen molar-refractivity contribution in [1.82, 2.24) is 4.90 Å². The normalized spacial score (nSPS) is 24.4. The van der Waals surface area contributed by atoms with Crippen LogP contribution in [-0.4, -0.2) is 47.9 Å². The number of likely N-dealkylation sites (tertiary alicyclic amines) is 1. The number of ether oxygens (including phenoxy) is 1. The first kappa shape index (κ1) is 14.5. The van der Waals surface area contributed by atoms with E-state index in [1.54, 1.807) is 13.2 Å². The van der Waals surface area contributed by atoms with Crippen LogP contribution in [0.25, 0.3) is 0 Å². The smallest absolute Gasteiger partial charge is 0.423 e. The molecule has 0 saturated carbocycles. The number of rotatable bonds is 4. The van der Waals surface area contributed by atoms with E-state index >= 15 is 0 Å². The summed E-state index contributed by atoms with van der Waals surface area (Å²) in [7, 11) is 0.372. The molecule has 104 valence electrons. The van der Waals surface area contributed by atoms with Crippen molar-refractivity contribution >= 4 is 12.6 Å². The molecule has 1 atom stereocenters. The lowest BCUT2D eigenvalue weighted by atomic mass is 9.79. The largest absolute Gasteiger partial charge is 0.488 e. The highest BCUT2D eigenvalue weighted by molar-refractivity contribution is 6.58. The highest BCUT2D eigenvalue weighted by atomic mass is 16.5. The minimum absolute atomic E-state index is 0.0631. The van der Waals surface area contributed by atoms with Crippen molar-refractivity contribution in [3.63, 3.8) is 0 Å². The van der Waals surface area contributed by atoms with Crippen LogP contribution in [0.1, 0.15) is 25.3 Å². The minimum Gasteiger partial charge on any atom is -0.423 e. The standard InChI is InChI=1S/C14H22BNO3/c1-14(19-2)7-4-8-16(11-14)10-12-5-3-6-13(9-12)15(17)18/h3,5-6,9,17-18H,4,7-8,10-11H2,1-2H3. The lowest BCUT2D eigenvalue weighted by Gasteiger charge is -2.39. The molecule has 1 aliphatic rings. The molecule has 2 N–H and O–H groups in total. The quantitative estimate of drug-likeness (QED) is 0.770. The van der Waals surface area contributed by atoms with Crippen LogP contribution in [0.4, 0.5) is 0 Å². The van der Waals surface area contributed by atoms with E-state index in [1.165, 1.54) is 0 Å². The molecule has 0 aliphatic carbocycles. The monoisotopic (exact) mass is 263 g/mol. The average molecular weight is 263 g/mol. The molecule has 1 fully saturated rings. The first-order chi connectivity index (χ1) is 9.02. The van der Waals surface area contributed by atoms with Gasteiger partial charge in [-0.15, -0.1) is 0 Å². The number of nitrogens with zero attached hydrogens (tertiary/aromatic N) is 1. The van der Waals surface area contributed by atoms with Crippen LogP contribution in [-0.2, 0) is 11.3 Å². The SMILES string of the molecule is COC1(C)CCCN(Cc2cccc(B(O)O)c2)C1. The van der Waals surface area contributed by atoms with Gasteiger partial charge in [0.2, 0.25) is 0 Å². The molecule has 19 heavy (non-hydrogen) atoms. The zero-order valence-corrected chi connectivity index (χ0v) is 11.7. The summed E-state index contributed by atoms with van der Waals surface area (Å²) >= 11 is 0. The molecule has 0 bridgehead atoms. The van der Waals surface area contributed by atoms with E-state index in [9.17, 15) is 10.0 Å². The molecule has 0 spiro atoms. The molecule has 1 saturated heterocycles. The summed E-state index contributed by atoms with van der Waals surface area (Å²) in [5, 5.41) is 18.4. The molecule has 1 aliphatic heterocycles. The van der Waals surface area contributed by atoms with Gasteiger partial charge in [-0.2, -0.15) is 0 Å². The molecule has 5 heteroatoms. The number of piperidine rings is 1. The molecule has 0 amide bonds. The molecule has 1 aromatic carbocycles. The second kappa shape index (κ2) is 6.05. The van der Waals surface area contributed by atoms with E-state index in [2.05, 4.69) is 11.8 Å². The van der Waals surface area contributed by atoms with Crippen molar-refractivity contribution in [1.29, 1.82) is 0 Å². The highest BCUT2D eigenvalue weighted by Crippen LogP contribution is 2.24. The third kappa shape index (κ3) is 3.80. The molecular formula is C14H22BNO3. The van der Waals surface area contributed by atoms with Crippen LogP contribution in [0.3, 0.4) is 0 Å². The van der Waals surface area contributed by atoms with E-state index in [4.69, 9.17) is 4.74 Å². The van der Waals surface area contributed by atoms with Gasteiger partial charge >= 0.3 is 7.12 Å². The highest BCUT2D eigenvalue weighted by Gasteiger charge is 2.30. The van der Waals surface area contributed by atoms with Gasteiger partial charge < -0.3 is 14.8 Å². The van der Waals surface area contributed by atoms with Crippen molar-refractivity contribution < 1.29 is 14.8 Å². The van der Waals surface area contributed by atoms with Crippen LogP contribution in [0.2, 0.25) is 0 Å². The van der Waals surface area contributed by atoms with Crippen molar-refractivity contribution in [3.05, 3.63) is 29.8 Å². The Labute approximate surface area is 115 Å². The van der Waals surface area contributed by atoms with E-state index in [0.717, 1.165) is 38.0 Å². The Balaban J connectivity index is 2.02. The fraction of sp³-hybridized carbons (Fsp3) is 0.571. The lowest BCUT2D eigenvalue weighted by molar-refractivity contribution is -0.0526. The van der Waals surface area contributed by atoms with Crippen LogP contribution in [0.5, 0.6) is 0 Å². The first-order valence-corrected chi connectivity index (χ1v) is 6.75. The summed E-state index contributed by atoms with van der Waals surface area (Å²) in [5.74, 6) is 0. The maximum atomic E-state index is 9.20. The zero-order chi connectivity index (χ0) is 13.9. The van der Waals surface area contributed by atoms with Crippen LogP contribution < -0.4 is 5.46 Å². The summed E-state index contributed by atoms with van der Waals surface area (Å²) in [6, 6.07) is 7.46. The van der Waals surface area contributed by atoms with Gasteiger partial charge in [-0.25, -0.2) is 0 Å². The minimum atomic E-state index is -1.40. The second-order valence-electron chi connectivity index (χ2n) is 5.59. The fourth-order valence-corrected chi connectivity index (χ4v) is 2.72. The van der Waals surface area contributed by atoms with Gasteiger partial charge in [0.1, 0.15) is 0 Å². The van der Waals surface area contributed by atoms with Gasteiger partial charge in [0, 0.05) is 20.2 Å². The van der Waals surface area contributed by atoms with Gasteiger partial charge in [-0.1, -0.05) is 24.3 Å². The average Bonchev–Trinajstić information content (AvgIpc) is 2.39. The Kier molecular flexibility index (Phi) is 4.63.